The van der Waals surface area contributed by atoms with Crippen LogP contribution in [0.5, 0.6) is 0 Å². The number of anilines is 1. The van der Waals surface area contributed by atoms with Gasteiger partial charge in [-0.2, -0.15) is 5.26 Å². The smallest absolute Gasteiger partial charge is 0.186 e. The van der Waals surface area contributed by atoms with E-state index in [0.29, 0.717) is 17.7 Å². The Hall–Kier alpha value is -2.98. The third-order valence-electron chi connectivity index (χ3n) is 3.84. The molecule has 3 rings (SSSR count). The Kier molecular flexibility index (Phi) is 4.38. The second kappa shape index (κ2) is 6.49. The van der Waals surface area contributed by atoms with E-state index < -0.39 is 9.84 Å². The maximum absolute atomic E-state index is 11.6. The van der Waals surface area contributed by atoms with Crippen molar-refractivity contribution in [3.8, 4) is 17.2 Å². The minimum atomic E-state index is -3.22. The van der Waals surface area contributed by atoms with Gasteiger partial charge in [-0.1, -0.05) is 18.2 Å². The van der Waals surface area contributed by atoms with E-state index in [1.54, 1.807) is 24.3 Å². The summed E-state index contributed by atoms with van der Waals surface area (Å²) < 4.78 is 23.1. The predicted octanol–water partition coefficient (Wildman–Crippen LogP) is 3.00. The number of hydrogen-bond donors (Lipinski definition) is 1. The monoisotopic (exact) mass is 352 g/mol. The minimum absolute atomic E-state index is 0.264. The lowest BCUT2D eigenvalue weighted by atomic mass is 10.0. The zero-order valence-electron chi connectivity index (χ0n) is 13.8. The molecule has 0 aliphatic carbocycles. The number of fused-ring (bicyclic) bond motifs is 1. The van der Waals surface area contributed by atoms with Gasteiger partial charge in [0.15, 0.2) is 15.5 Å². The van der Waals surface area contributed by atoms with Crippen molar-refractivity contribution < 1.29 is 8.42 Å². The lowest BCUT2D eigenvalue weighted by molar-refractivity contribution is 0.602. The van der Waals surface area contributed by atoms with E-state index in [2.05, 4.69) is 15.5 Å². The summed E-state index contributed by atoms with van der Waals surface area (Å²) in [6.07, 6.45) is 1.18. The molecule has 0 aliphatic rings. The van der Waals surface area contributed by atoms with Gasteiger partial charge in [0.05, 0.1) is 16.1 Å². The Balaban J connectivity index is 2.09. The molecule has 3 aromatic rings. The first-order valence-electron chi connectivity index (χ1n) is 7.69. The highest BCUT2D eigenvalue weighted by Gasteiger charge is 2.11. The lowest BCUT2D eigenvalue weighted by Crippen LogP contribution is -2.03. The number of nitrogens with zero attached hydrogens (tertiary/aromatic N) is 3. The molecule has 1 heterocycles. The van der Waals surface area contributed by atoms with Gasteiger partial charge in [0.2, 0.25) is 0 Å². The molecule has 0 amide bonds. The fraction of sp³-hybridized carbons (Fsp3) is 0.167. The number of nitriles is 1. The summed E-state index contributed by atoms with van der Waals surface area (Å²) in [4.78, 5) is 0.282. The van der Waals surface area contributed by atoms with Gasteiger partial charge in [-0.05, 0) is 42.3 Å². The summed E-state index contributed by atoms with van der Waals surface area (Å²) in [6, 6.07) is 14.4. The summed E-state index contributed by atoms with van der Waals surface area (Å²) in [5, 5.41) is 21.3. The van der Waals surface area contributed by atoms with Gasteiger partial charge in [-0.15, -0.1) is 10.2 Å². The van der Waals surface area contributed by atoms with Gasteiger partial charge in [-0.3, -0.25) is 0 Å². The standard InChI is InChI=1S/C18H16N4O2S/c1-3-20-18-15-9-6-13(10-16(15)21-22-17(18)11-19)12-4-7-14(8-5-12)25(2,23)24/h4-10H,3H2,1-2H3,(H,20,21). The average Bonchev–Trinajstić information content (AvgIpc) is 2.61. The molecule has 1 N–H and O–H groups in total. The fourth-order valence-electron chi connectivity index (χ4n) is 2.62. The van der Waals surface area contributed by atoms with Crippen molar-refractivity contribution in [2.45, 2.75) is 11.8 Å². The Morgan fingerprint density at radius 3 is 2.36 bits per heavy atom. The topological polar surface area (TPSA) is 95.7 Å². The van der Waals surface area contributed by atoms with E-state index in [9.17, 15) is 13.7 Å². The Morgan fingerprint density at radius 2 is 1.76 bits per heavy atom. The molecule has 2 aromatic carbocycles. The molecule has 0 aliphatic heterocycles. The highest BCUT2D eigenvalue weighted by Crippen LogP contribution is 2.29. The molecule has 25 heavy (non-hydrogen) atoms. The second-order valence-corrected chi connectivity index (χ2v) is 7.61. The normalized spacial score (nSPS) is 11.2. The van der Waals surface area contributed by atoms with Crippen molar-refractivity contribution in [1.82, 2.24) is 10.2 Å². The molecule has 0 spiro atoms. The molecule has 126 valence electrons. The van der Waals surface area contributed by atoms with Crippen LogP contribution >= 0.6 is 0 Å². The third kappa shape index (κ3) is 3.30. The van der Waals surface area contributed by atoms with Crippen molar-refractivity contribution in [3.05, 3.63) is 48.2 Å². The van der Waals surface area contributed by atoms with Gasteiger partial charge < -0.3 is 5.32 Å². The van der Waals surface area contributed by atoms with Crippen LogP contribution in [-0.2, 0) is 9.84 Å². The maximum Gasteiger partial charge on any atom is 0.186 e. The summed E-state index contributed by atoms with van der Waals surface area (Å²) >= 11 is 0. The molecule has 0 bridgehead atoms. The number of hydrogen-bond acceptors (Lipinski definition) is 6. The van der Waals surface area contributed by atoms with E-state index in [0.717, 1.165) is 16.5 Å². The number of rotatable bonds is 4. The summed E-state index contributed by atoms with van der Waals surface area (Å²) in [5.41, 5.74) is 3.38. The van der Waals surface area contributed by atoms with Crippen LogP contribution in [-0.4, -0.2) is 31.4 Å². The van der Waals surface area contributed by atoms with Crippen molar-refractivity contribution in [1.29, 1.82) is 5.26 Å². The van der Waals surface area contributed by atoms with Crippen molar-refractivity contribution >= 4 is 26.4 Å². The molecule has 0 saturated heterocycles. The lowest BCUT2D eigenvalue weighted by Gasteiger charge is -2.10. The van der Waals surface area contributed by atoms with Crippen molar-refractivity contribution in [2.24, 2.45) is 0 Å². The molecular formula is C18H16N4O2S. The zero-order valence-corrected chi connectivity index (χ0v) is 14.6. The van der Waals surface area contributed by atoms with Crippen LogP contribution in [0.4, 0.5) is 5.69 Å². The quantitative estimate of drug-likeness (QED) is 0.775. The van der Waals surface area contributed by atoms with Crippen LogP contribution in [0.3, 0.4) is 0 Å². The van der Waals surface area contributed by atoms with Gasteiger partial charge in [0, 0.05) is 18.2 Å². The van der Waals surface area contributed by atoms with E-state index in [-0.39, 0.29) is 10.6 Å². The van der Waals surface area contributed by atoms with Gasteiger partial charge in [0.25, 0.3) is 0 Å². The van der Waals surface area contributed by atoms with Gasteiger partial charge in [-0.25, -0.2) is 8.42 Å². The maximum atomic E-state index is 11.6. The van der Waals surface area contributed by atoms with Crippen LogP contribution in [0.25, 0.3) is 22.0 Å². The van der Waals surface area contributed by atoms with Crippen molar-refractivity contribution in [2.75, 3.05) is 18.1 Å². The van der Waals surface area contributed by atoms with E-state index in [4.69, 9.17) is 0 Å². The number of sulfone groups is 1. The molecule has 6 nitrogen and oxygen atoms in total. The van der Waals surface area contributed by atoms with E-state index >= 15 is 0 Å². The van der Waals surface area contributed by atoms with Crippen molar-refractivity contribution in [3.63, 3.8) is 0 Å². The van der Waals surface area contributed by atoms with Crippen LogP contribution in [0.1, 0.15) is 12.6 Å². The van der Waals surface area contributed by atoms with Gasteiger partial charge in [0.1, 0.15) is 6.07 Å². The number of benzene rings is 2. The predicted molar refractivity (Wildman–Crippen MR) is 97.0 cm³/mol. The first kappa shape index (κ1) is 16.9. The highest BCUT2D eigenvalue weighted by atomic mass is 32.2. The SMILES string of the molecule is CCNc1c(C#N)nnc2cc(-c3ccc(S(C)(=O)=O)cc3)ccc12. The van der Waals surface area contributed by atoms with E-state index in [1.165, 1.54) is 6.26 Å². The summed E-state index contributed by atoms with van der Waals surface area (Å²) in [6.45, 7) is 2.62. The number of nitrogens with one attached hydrogen (secondary N) is 1. The molecule has 0 unspecified atom stereocenters. The fourth-order valence-corrected chi connectivity index (χ4v) is 3.25. The third-order valence-corrected chi connectivity index (χ3v) is 4.97. The Bertz CT molecular complexity index is 1080. The Morgan fingerprint density at radius 1 is 1.08 bits per heavy atom. The Labute approximate surface area is 146 Å². The number of aromatic nitrogens is 2. The molecule has 0 fully saturated rings. The van der Waals surface area contributed by atoms with E-state index in [1.807, 2.05) is 31.2 Å². The average molecular weight is 352 g/mol. The largest absolute Gasteiger partial charge is 0.382 e. The minimum Gasteiger partial charge on any atom is -0.382 e. The highest BCUT2D eigenvalue weighted by molar-refractivity contribution is 7.90. The molecule has 1 aromatic heterocycles. The molecule has 7 heteroatoms. The van der Waals surface area contributed by atoms with Crippen LogP contribution < -0.4 is 5.32 Å². The first-order chi connectivity index (χ1) is 11.9. The van der Waals surface area contributed by atoms with Crippen LogP contribution in [0, 0.1) is 11.3 Å². The molecule has 0 atom stereocenters. The summed E-state index contributed by atoms with van der Waals surface area (Å²) in [7, 11) is -3.22. The van der Waals surface area contributed by atoms with Gasteiger partial charge >= 0.3 is 0 Å². The first-order valence-corrected chi connectivity index (χ1v) is 9.58. The zero-order chi connectivity index (χ0) is 18.0. The van der Waals surface area contributed by atoms with Crippen LogP contribution in [0.15, 0.2) is 47.4 Å². The molecule has 0 saturated carbocycles. The molecule has 0 radical (unpaired) electrons. The second-order valence-electron chi connectivity index (χ2n) is 5.59. The summed E-state index contributed by atoms with van der Waals surface area (Å²) in [5.74, 6) is 0. The molecular weight excluding hydrogens is 336 g/mol. The van der Waals surface area contributed by atoms with Crippen LogP contribution in [0.2, 0.25) is 0 Å².